The number of nitrogens with zero attached hydrogens (tertiary/aromatic N) is 3. The second-order valence-electron chi connectivity index (χ2n) is 9.41. The summed E-state index contributed by atoms with van der Waals surface area (Å²) in [5.74, 6) is 0.871. The molecule has 32 heavy (non-hydrogen) atoms. The van der Waals surface area contributed by atoms with E-state index in [0.29, 0.717) is 13.1 Å². The summed E-state index contributed by atoms with van der Waals surface area (Å²) in [6.45, 7) is 8.69. The highest BCUT2D eigenvalue weighted by atomic mass is 16.5. The van der Waals surface area contributed by atoms with Crippen LogP contribution in [0.25, 0.3) is 0 Å². The van der Waals surface area contributed by atoms with Gasteiger partial charge >= 0.3 is 0 Å². The predicted octanol–water partition coefficient (Wildman–Crippen LogP) is 2.60. The molecule has 6 nitrogen and oxygen atoms in total. The van der Waals surface area contributed by atoms with Crippen molar-refractivity contribution in [2.75, 3.05) is 60.1 Å². The average Bonchev–Trinajstić information content (AvgIpc) is 3.15. The number of rotatable bonds is 9. The van der Waals surface area contributed by atoms with Crippen molar-refractivity contribution in [3.8, 4) is 5.75 Å². The lowest BCUT2D eigenvalue weighted by atomic mass is 10.0. The number of ether oxygens (including phenoxy) is 2. The highest BCUT2D eigenvalue weighted by Crippen LogP contribution is 2.25. The maximum absolute atomic E-state index is 11.2. The summed E-state index contributed by atoms with van der Waals surface area (Å²) in [7, 11) is 3.77. The molecule has 0 amide bonds. The van der Waals surface area contributed by atoms with Crippen LogP contribution >= 0.6 is 0 Å². The molecule has 0 aromatic heterocycles. The molecule has 0 unspecified atom stereocenters. The Bertz CT molecular complexity index is 854. The summed E-state index contributed by atoms with van der Waals surface area (Å²) in [6.07, 6.45) is 0.813. The van der Waals surface area contributed by atoms with Crippen LogP contribution in [0.1, 0.15) is 23.1 Å². The van der Waals surface area contributed by atoms with Crippen LogP contribution in [0.5, 0.6) is 5.75 Å². The van der Waals surface area contributed by atoms with Gasteiger partial charge in [0.2, 0.25) is 0 Å². The number of aliphatic hydroxyl groups is 1. The summed E-state index contributed by atoms with van der Waals surface area (Å²) in [4.78, 5) is 7.05. The van der Waals surface area contributed by atoms with E-state index >= 15 is 0 Å². The number of hydrogen-bond acceptors (Lipinski definition) is 6. The number of benzene rings is 2. The van der Waals surface area contributed by atoms with Crippen LogP contribution in [0.4, 0.5) is 0 Å². The summed E-state index contributed by atoms with van der Waals surface area (Å²) < 4.78 is 10.7. The molecule has 0 radical (unpaired) electrons. The van der Waals surface area contributed by atoms with E-state index < -0.39 is 5.60 Å². The minimum Gasteiger partial charge on any atom is -0.497 e. The van der Waals surface area contributed by atoms with Crippen LogP contribution in [0.3, 0.4) is 0 Å². The van der Waals surface area contributed by atoms with Gasteiger partial charge in [-0.25, -0.2) is 0 Å². The van der Waals surface area contributed by atoms with Crippen molar-refractivity contribution in [1.29, 1.82) is 0 Å². The molecule has 4 rings (SSSR count). The quantitative estimate of drug-likeness (QED) is 0.648. The number of likely N-dealkylation sites (tertiary alicyclic amines) is 1. The van der Waals surface area contributed by atoms with Crippen molar-refractivity contribution in [2.45, 2.75) is 31.7 Å². The van der Waals surface area contributed by atoms with Gasteiger partial charge in [0.05, 0.1) is 25.9 Å². The van der Waals surface area contributed by atoms with Crippen molar-refractivity contribution >= 4 is 0 Å². The Kier molecular flexibility index (Phi) is 7.81. The highest BCUT2D eigenvalue weighted by molar-refractivity contribution is 5.27. The molecule has 2 aliphatic rings. The van der Waals surface area contributed by atoms with Crippen LogP contribution in [-0.2, 0) is 24.4 Å². The van der Waals surface area contributed by atoms with Crippen LogP contribution in [0, 0.1) is 0 Å². The first-order valence-corrected chi connectivity index (χ1v) is 11.7. The maximum Gasteiger partial charge on any atom is 0.118 e. The molecule has 0 bridgehead atoms. The molecule has 1 atom stereocenters. The maximum atomic E-state index is 11.2. The largest absolute Gasteiger partial charge is 0.497 e. The Labute approximate surface area is 192 Å². The van der Waals surface area contributed by atoms with E-state index in [4.69, 9.17) is 9.47 Å². The fourth-order valence-corrected chi connectivity index (χ4v) is 4.91. The first-order chi connectivity index (χ1) is 15.5. The monoisotopic (exact) mass is 439 g/mol. The molecule has 6 heteroatoms. The SMILES string of the molecule is COc1ccc(CN(C)C[C@@]2(O)CCN(Cc3cccc(CN4CCOCC4)c3)C2)cc1. The Morgan fingerprint density at radius 2 is 1.66 bits per heavy atom. The van der Waals surface area contributed by atoms with Gasteiger partial charge in [0.1, 0.15) is 5.75 Å². The molecular formula is C26H37N3O3. The molecular weight excluding hydrogens is 402 g/mol. The summed E-state index contributed by atoms with van der Waals surface area (Å²) >= 11 is 0. The van der Waals surface area contributed by atoms with E-state index in [1.165, 1.54) is 16.7 Å². The van der Waals surface area contributed by atoms with Crippen molar-refractivity contribution in [1.82, 2.24) is 14.7 Å². The second-order valence-corrected chi connectivity index (χ2v) is 9.41. The minimum atomic E-state index is -0.660. The van der Waals surface area contributed by atoms with Gasteiger partial charge in [-0.15, -0.1) is 0 Å². The van der Waals surface area contributed by atoms with Crippen molar-refractivity contribution in [3.05, 3.63) is 65.2 Å². The predicted molar refractivity (Wildman–Crippen MR) is 127 cm³/mol. The Morgan fingerprint density at radius 3 is 2.34 bits per heavy atom. The normalized spacial score (nSPS) is 22.5. The fourth-order valence-electron chi connectivity index (χ4n) is 4.91. The third kappa shape index (κ3) is 6.53. The van der Waals surface area contributed by atoms with Gasteiger partial charge in [0.25, 0.3) is 0 Å². The average molecular weight is 440 g/mol. The van der Waals surface area contributed by atoms with Crippen LogP contribution in [0.2, 0.25) is 0 Å². The van der Waals surface area contributed by atoms with Crippen molar-refractivity contribution in [3.63, 3.8) is 0 Å². The number of methoxy groups -OCH3 is 1. The van der Waals surface area contributed by atoms with Gasteiger partial charge in [0.15, 0.2) is 0 Å². The summed E-state index contributed by atoms with van der Waals surface area (Å²) in [5.41, 5.74) is 3.25. The van der Waals surface area contributed by atoms with E-state index in [-0.39, 0.29) is 0 Å². The molecule has 2 aliphatic heterocycles. The highest BCUT2D eigenvalue weighted by Gasteiger charge is 2.36. The van der Waals surface area contributed by atoms with Gasteiger partial charge in [-0.3, -0.25) is 14.7 Å². The zero-order valence-electron chi connectivity index (χ0n) is 19.5. The standard InChI is InChI=1S/C26H37N3O3/c1-27(17-22-6-8-25(31-2)9-7-22)20-26(30)10-11-29(21-26)19-24-5-3-4-23(16-24)18-28-12-14-32-15-13-28/h3-9,16,30H,10-15,17-21H2,1-2H3/t26-/m0/s1. The smallest absolute Gasteiger partial charge is 0.118 e. The molecule has 2 aromatic carbocycles. The van der Waals surface area contributed by atoms with Crippen LogP contribution in [-0.4, -0.2) is 85.5 Å². The molecule has 174 valence electrons. The lowest BCUT2D eigenvalue weighted by molar-refractivity contribution is 0.0162. The molecule has 0 spiro atoms. The number of morpholine rings is 1. The number of β-amino-alcohol motifs (C(OH)–C–C–N with tert-alkyl or cyclic N) is 1. The molecule has 2 aromatic rings. The first-order valence-electron chi connectivity index (χ1n) is 11.7. The minimum absolute atomic E-state index is 0.660. The second kappa shape index (κ2) is 10.8. The van der Waals surface area contributed by atoms with E-state index in [2.05, 4.69) is 58.1 Å². The van der Waals surface area contributed by atoms with Crippen LogP contribution in [0.15, 0.2) is 48.5 Å². The molecule has 0 aliphatic carbocycles. The van der Waals surface area contributed by atoms with E-state index in [1.807, 2.05) is 12.1 Å². The lowest BCUT2D eigenvalue weighted by Crippen LogP contribution is -2.43. The third-order valence-electron chi connectivity index (χ3n) is 6.49. The molecule has 2 heterocycles. The molecule has 0 saturated carbocycles. The Balaban J connectivity index is 1.27. The molecule has 2 fully saturated rings. The molecule has 2 saturated heterocycles. The summed E-state index contributed by atoms with van der Waals surface area (Å²) in [6, 6.07) is 17.1. The Morgan fingerprint density at radius 1 is 0.969 bits per heavy atom. The third-order valence-corrected chi connectivity index (χ3v) is 6.49. The van der Waals surface area contributed by atoms with Gasteiger partial charge in [-0.1, -0.05) is 36.4 Å². The van der Waals surface area contributed by atoms with E-state index in [0.717, 1.165) is 64.7 Å². The summed E-state index contributed by atoms with van der Waals surface area (Å²) in [5, 5.41) is 11.2. The number of likely N-dealkylation sites (N-methyl/N-ethyl adjacent to an activating group) is 1. The van der Waals surface area contributed by atoms with Crippen molar-refractivity contribution in [2.24, 2.45) is 0 Å². The van der Waals surface area contributed by atoms with E-state index in [9.17, 15) is 5.11 Å². The lowest BCUT2D eigenvalue weighted by Gasteiger charge is -2.29. The fraction of sp³-hybridized carbons (Fsp3) is 0.538. The van der Waals surface area contributed by atoms with Gasteiger partial charge < -0.3 is 14.6 Å². The molecule has 1 N–H and O–H groups in total. The zero-order chi connectivity index (χ0) is 22.4. The van der Waals surface area contributed by atoms with Crippen LogP contribution < -0.4 is 4.74 Å². The van der Waals surface area contributed by atoms with Gasteiger partial charge in [-0.05, 0) is 42.3 Å². The number of hydrogen-bond donors (Lipinski definition) is 1. The van der Waals surface area contributed by atoms with E-state index in [1.54, 1.807) is 7.11 Å². The topological polar surface area (TPSA) is 48.4 Å². The van der Waals surface area contributed by atoms with Gasteiger partial charge in [-0.2, -0.15) is 0 Å². The zero-order valence-corrected chi connectivity index (χ0v) is 19.5. The van der Waals surface area contributed by atoms with Crippen molar-refractivity contribution < 1.29 is 14.6 Å². The first kappa shape index (κ1) is 23.2. The van der Waals surface area contributed by atoms with Gasteiger partial charge in [0, 0.05) is 52.4 Å². The Hall–Kier alpha value is -1.96.